The molecule has 0 unspecified atom stereocenters. The number of unbranched alkanes of at least 4 members (excludes halogenated alkanes) is 1. The number of carboxylic acids is 4. The molecule has 0 saturated heterocycles. The Balaban J connectivity index is 0.000000186. The van der Waals surface area contributed by atoms with Gasteiger partial charge in [-0.25, -0.2) is 19.2 Å². The van der Waals surface area contributed by atoms with Crippen LogP contribution < -0.4 is 18.9 Å². The number of ether oxygens (including phenoxy) is 9. The first-order valence-corrected chi connectivity index (χ1v) is 45.5. The molecule has 123 heavy (non-hydrogen) atoms. The van der Waals surface area contributed by atoms with Crippen LogP contribution in [-0.4, -0.2) is 189 Å². The highest BCUT2D eigenvalue weighted by Crippen LogP contribution is 2.53. The molecule has 8 aliphatic rings. The van der Waals surface area contributed by atoms with E-state index in [4.69, 9.17) is 68.2 Å². The van der Waals surface area contributed by atoms with Crippen molar-refractivity contribution >= 4 is 47.8 Å². The Kier molecular flexibility index (Phi) is 39.1. The molecule has 26 nitrogen and oxygen atoms in total. The molecule has 26 heteroatoms. The van der Waals surface area contributed by atoms with Crippen LogP contribution in [0, 0.1) is 76.9 Å². The summed E-state index contributed by atoms with van der Waals surface area (Å²) in [6, 6.07) is 23.3. The number of aliphatic hydroxyl groups excluding tert-OH is 5. The highest BCUT2D eigenvalue weighted by atomic mass is 16.6. The van der Waals surface area contributed by atoms with E-state index in [1.165, 1.54) is 22.3 Å². The van der Waals surface area contributed by atoms with Crippen molar-refractivity contribution in [1.29, 1.82) is 0 Å². The van der Waals surface area contributed by atoms with Crippen molar-refractivity contribution < 1.29 is 127 Å². The Morgan fingerprint density at radius 3 is 0.886 bits per heavy atom. The summed E-state index contributed by atoms with van der Waals surface area (Å²) in [5, 5.41) is 87.7. The van der Waals surface area contributed by atoms with Crippen LogP contribution in [0.15, 0.2) is 72.8 Å². The molecule has 4 saturated carbocycles. The van der Waals surface area contributed by atoms with Gasteiger partial charge in [0.05, 0.1) is 50.5 Å². The molecule has 0 spiro atoms. The molecule has 682 valence electrons. The number of hydrogen-bond acceptors (Lipinski definition) is 22. The third-order valence-corrected chi connectivity index (χ3v) is 27.2. The fraction of sp³-hybridized carbons (Fsp3) is 0.670. The van der Waals surface area contributed by atoms with Crippen molar-refractivity contribution in [2.75, 3.05) is 46.8 Å². The zero-order valence-corrected chi connectivity index (χ0v) is 73.5. The van der Waals surface area contributed by atoms with Crippen LogP contribution in [0.2, 0.25) is 0 Å². The lowest BCUT2D eigenvalue weighted by Gasteiger charge is -2.32. The van der Waals surface area contributed by atoms with E-state index in [1.54, 1.807) is 7.11 Å². The SMILES string of the molecule is CCCCC(=O)O[C@@H](CC)CC[C@@H]1[C@H]2Cc3cccc(OCC(=O)O)c3C[C@H]2C[C@H]1O.CC[C@@H](CC[C@@H]1[C@H]2Cc3cccc(OCC(=O)O)c3C[C@H]2C[C@H]1O)OC(=O)CC(C)C.CC[C@@H](CC[C@@H]1[C@H]2Cc3cccc(OCC(=O)O)c3C[C@H]2C[C@H]1O)OC(=O)CCO.CC[C@@H](CC[C@@H]1[C@H]2Cc3cccc(OCC(=O)O)c3C[C@H]2C[C@H]1O)OC(=O)CCOC. The Morgan fingerprint density at radius 2 is 0.642 bits per heavy atom. The molecule has 0 aliphatic heterocycles. The third-order valence-electron chi connectivity index (χ3n) is 27.2. The second kappa shape index (κ2) is 48.9. The summed E-state index contributed by atoms with van der Waals surface area (Å²) >= 11 is 0. The van der Waals surface area contributed by atoms with Crippen molar-refractivity contribution in [2.24, 2.45) is 76.9 Å². The quantitative estimate of drug-likeness (QED) is 0.0147. The first kappa shape index (κ1) is 98.4. The van der Waals surface area contributed by atoms with E-state index in [9.17, 15) is 58.8 Å². The van der Waals surface area contributed by atoms with Crippen LogP contribution in [0.25, 0.3) is 0 Å². The molecule has 0 heterocycles. The molecule has 4 aromatic rings. The number of benzene rings is 4. The number of hydrogen-bond donors (Lipinski definition) is 9. The molecule has 8 aliphatic carbocycles. The van der Waals surface area contributed by atoms with Gasteiger partial charge in [0.2, 0.25) is 0 Å². The van der Waals surface area contributed by atoms with Gasteiger partial charge in [0, 0.05) is 20.0 Å². The maximum Gasteiger partial charge on any atom is 0.341 e. The summed E-state index contributed by atoms with van der Waals surface area (Å²) in [6.07, 6.45) is 20.1. The van der Waals surface area contributed by atoms with Gasteiger partial charge in [0.1, 0.15) is 47.4 Å². The van der Waals surface area contributed by atoms with Gasteiger partial charge >= 0.3 is 47.8 Å². The highest BCUT2D eigenvalue weighted by molar-refractivity contribution is 5.72. The minimum absolute atomic E-state index is 0.0102. The first-order valence-electron chi connectivity index (χ1n) is 45.5. The van der Waals surface area contributed by atoms with Gasteiger partial charge in [0.15, 0.2) is 26.4 Å². The number of rotatable bonds is 42. The maximum atomic E-state index is 12.1. The summed E-state index contributed by atoms with van der Waals surface area (Å²) in [6.45, 7) is 12.9. The predicted octanol–water partition coefficient (Wildman–Crippen LogP) is 13.5. The average Bonchev–Trinajstić information content (AvgIpc) is 1.67. The minimum Gasteiger partial charge on any atom is -0.482 e. The maximum absolute atomic E-state index is 12.1. The van der Waals surface area contributed by atoms with E-state index >= 15 is 0 Å². The molecule has 0 aromatic heterocycles. The van der Waals surface area contributed by atoms with Gasteiger partial charge in [-0.2, -0.15) is 0 Å². The van der Waals surface area contributed by atoms with Crippen molar-refractivity contribution in [2.45, 2.75) is 290 Å². The van der Waals surface area contributed by atoms with E-state index in [-0.39, 0.29) is 148 Å². The average molecular weight is 1720 g/mol. The van der Waals surface area contributed by atoms with Crippen LogP contribution in [-0.2, 0) is 113 Å². The zero-order chi connectivity index (χ0) is 89.0. The summed E-state index contributed by atoms with van der Waals surface area (Å²) in [5.41, 5.74) is 9.07. The van der Waals surface area contributed by atoms with Crippen molar-refractivity contribution in [3.05, 3.63) is 117 Å². The molecule has 4 aromatic carbocycles. The molecule has 0 bridgehead atoms. The predicted molar refractivity (Wildman–Crippen MR) is 457 cm³/mol. The number of methoxy groups -OCH3 is 1. The van der Waals surface area contributed by atoms with Crippen LogP contribution in [0.1, 0.15) is 234 Å². The summed E-state index contributed by atoms with van der Waals surface area (Å²) in [4.78, 5) is 91.2. The number of aliphatic hydroxyl groups is 5. The second-order valence-corrected chi connectivity index (χ2v) is 35.8. The molecular formula is C97H138O26. The van der Waals surface area contributed by atoms with Gasteiger partial charge in [-0.15, -0.1) is 0 Å². The molecule has 0 amide bonds. The monoisotopic (exact) mass is 1720 g/mol. The number of carboxylic acid groups (broad SMARTS) is 4. The Hall–Kier alpha value is -8.40. The smallest absolute Gasteiger partial charge is 0.341 e. The highest BCUT2D eigenvalue weighted by Gasteiger charge is 2.50. The zero-order valence-electron chi connectivity index (χ0n) is 73.5. The molecule has 20 atom stereocenters. The third kappa shape index (κ3) is 28.6. The van der Waals surface area contributed by atoms with E-state index in [2.05, 4.69) is 31.2 Å². The van der Waals surface area contributed by atoms with Crippen LogP contribution >= 0.6 is 0 Å². The number of carbonyl (C=O) groups excluding carboxylic acids is 4. The van der Waals surface area contributed by atoms with E-state index in [1.807, 2.05) is 90.1 Å². The van der Waals surface area contributed by atoms with Gasteiger partial charge in [-0.1, -0.05) is 103 Å². The standard InChI is InChI=1S/2C25H36O6.C24H34O7.C23H32O7/c1-4-18(31-25(29)10-15(2)3)8-9-19-20-11-16-6-5-7-23(30-14-24(27)28)21(16)12-17(20)13-22(19)26;1-3-5-9-25(29)31-18(4-2)10-11-19-20-12-16-7-6-8-23(30-15-24(27)28)21(16)13-17(20)14-22(19)26;1-3-17(31-24(28)9-10-29-2)7-8-18-19-11-15-5-4-6-22(30-14-23(26)27)20(15)12-16(19)13-21(18)25;1-2-16(30-23(28)8-9-24)6-7-17-18-10-14-4-3-5-21(29-13-22(26)27)19(14)11-15(18)12-20(17)25/h5-7,15,17-20,22,26H,4,8-14H2,1-3H3,(H,27,28);6-8,17-20,22,26H,3-5,9-15H2,1-2H3,(H,27,28);4-6,16-19,21,25H,3,7-14H2,1-2H3,(H,26,27);3-5,15-18,20,24-25H,2,6-13H2,1H3,(H,26,27)/t2*17-,18-,19+,20-,22+;16-,17-,18+,19-,21+;15-,16-,17+,18-,20+/m0000/s1. The summed E-state index contributed by atoms with van der Waals surface area (Å²) in [7, 11) is 1.56. The van der Waals surface area contributed by atoms with Crippen molar-refractivity contribution in [3.8, 4) is 23.0 Å². The van der Waals surface area contributed by atoms with Crippen LogP contribution in [0.3, 0.4) is 0 Å². The molecule has 4 fully saturated rings. The number of aliphatic carboxylic acids is 4. The van der Waals surface area contributed by atoms with Crippen LogP contribution in [0.5, 0.6) is 23.0 Å². The Labute approximate surface area is 725 Å². The van der Waals surface area contributed by atoms with Gasteiger partial charge in [0.25, 0.3) is 0 Å². The topological polar surface area (TPSA) is 402 Å². The van der Waals surface area contributed by atoms with Crippen molar-refractivity contribution in [3.63, 3.8) is 0 Å². The van der Waals surface area contributed by atoms with E-state index in [0.29, 0.717) is 103 Å². The van der Waals surface area contributed by atoms with Gasteiger partial charge in [-0.05, 0) is 306 Å². The normalized spacial score (nSPS) is 25.5. The van der Waals surface area contributed by atoms with Gasteiger partial charge < -0.3 is 88.6 Å². The number of esters is 4. The molecule has 9 N–H and O–H groups in total. The minimum atomic E-state index is -0.997. The number of carbonyl (C=O) groups is 8. The fourth-order valence-corrected chi connectivity index (χ4v) is 21.1. The fourth-order valence-electron chi connectivity index (χ4n) is 21.1. The number of fused-ring (bicyclic) bond motifs is 8. The van der Waals surface area contributed by atoms with Crippen LogP contribution in [0.4, 0.5) is 0 Å². The molecular weight excluding hydrogens is 1580 g/mol. The summed E-state index contributed by atoms with van der Waals surface area (Å²) in [5.74, 6) is 1.71. The Morgan fingerprint density at radius 1 is 0.374 bits per heavy atom. The summed E-state index contributed by atoms with van der Waals surface area (Å²) < 4.78 is 49.3. The van der Waals surface area contributed by atoms with E-state index < -0.39 is 23.9 Å². The first-order chi connectivity index (χ1) is 59.0. The largest absolute Gasteiger partial charge is 0.482 e. The molecule has 0 radical (unpaired) electrons. The second-order valence-electron chi connectivity index (χ2n) is 35.8. The molecule has 12 rings (SSSR count). The van der Waals surface area contributed by atoms with Crippen molar-refractivity contribution in [1.82, 2.24) is 0 Å². The van der Waals surface area contributed by atoms with Gasteiger partial charge in [-0.3, -0.25) is 19.2 Å². The van der Waals surface area contributed by atoms with E-state index in [0.717, 1.165) is 176 Å². The lowest BCUT2D eigenvalue weighted by atomic mass is 9.73. The Bertz CT molecular complexity index is 3940. The lowest BCUT2D eigenvalue weighted by Crippen LogP contribution is -2.28. The lowest BCUT2D eigenvalue weighted by molar-refractivity contribution is -0.151.